The molecular formula is C13H26N2O3. The van der Waals surface area contributed by atoms with E-state index in [1.807, 2.05) is 6.92 Å². The van der Waals surface area contributed by atoms with Crippen LogP contribution in [0.4, 0.5) is 4.79 Å². The smallest absolute Gasteiger partial charge is 0.326 e. The molecule has 106 valence electrons. The topological polar surface area (TPSA) is 78.4 Å². The van der Waals surface area contributed by atoms with E-state index in [-0.39, 0.29) is 0 Å². The summed E-state index contributed by atoms with van der Waals surface area (Å²) in [6.45, 7) is 12.1. The Morgan fingerprint density at radius 1 is 1.17 bits per heavy atom. The third-order valence-electron chi connectivity index (χ3n) is 3.11. The van der Waals surface area contributed by atoms with Crippen LogP contribution in [0, 0.1) is 17.3 Å². The predicted molar refractivity (Wildman–Crippen MR) is 71.4 cm³/mol. The standard InChI is InChI=1S/C13H26N2O3/c1-8(2)9(3)7-14-12(18)15-10(11(16)17)13(4,5)6/h8-10H,7H2,1-6H3,(H,16,17)(H2,14,15,18)/t9?,10-/m1/s1. The van der Waals surface area contributed by atoms with E-state index in [1.54, 1.807) is 20.8 Å². The molecule has 0 heterocycles. The first-order valence-corrected chi connectivity index (χ1v) is 6.33. The number of amides is 2. The van der Waals surface area contributed by atoms with Crippen LogP contribution in [0.3, 0.4) is 0 Å². The van der Waals surface area contributed by atoms with Crippen LogP contribution in [0.2, 0.25) is 0 Å². The van der Waals surface area contributed by atoms with Crippen LogP contribution in [0.15, 0.2) is 0 Å². The molecule has 2 amide bonds. The third kappa shape index (κ3) is 5.89. The first-order valence-electron chi connectivity index (χ1n) is 6.33. The molecule has 0 aliphatic carbocycles. The van der Waals surface area contributed by atoms with Crippen LogP contribution < -0.4 is 10.6 Å². The number of carbonyl (C=O) groups excluding carboxylic acids is 1. The van der Waals surface area contributed by atoms with Gasteiger partial charge < -0.3 is 15.7 Å². The van der Waals surface area contributed by atoms with Crippen molar-refractivity contribution in [3.63, 3.8) is 0 Å². The Morgan fingerprint density at radius 3 is 2.00 bits per heavy atom. The molecule has 1 unspecified atom stereocenters. The van der Waals surface area contributed by atoms with E-state index in [0.717, 1.165) is 0 Å². The molecule has 0 saturated heterocycles. The second-order valence-corrected chi connectivity index (χ2v) is 6.21. The van der Waals surface area contributed by atoms with Crippen LogP contribution in [-0.4, -0.2) is 29.7 Å². The fourth-order valence-electron chi connectivity index (χ4n) is 1.32. The van der Waals surface area contributed by atoms with Crippen LogP contribution in [0.25, 0.3) is 0 Å². The molecule has 0 bridgehead atoms. The van der Waals surface area contributed by atoms with E-state index in [9.17, 15) is 9.59 Å². The van der Waals surface area contributed by atoms with E-state index in [1.165, 1.54) is 0 Å². The Morgan fingerprint density at radius 2 is 1.67 bits per heavy atom. The Bertz CT molecular complexity index is 295. The average Bonchev–Trinajstić information content (AvgIpc) is 2.20. The van der Waals surface area contributed by atoms with Crippen molar-refractivity contribution >= 4 is 12.0 Å². The van der Waals surface area contributed by atoms with Crippen LogP contribution >= 0.6 is 0 Å². The maximum atomic E-state index is 11.6. The summed E-state index contributed by atoms with van der Waals surface area (Å²) in [7, 11) is 0. The molecule has 3 N–H and O–H groups in total. The van der Waals surface area contributed by atoms with Crippen molar-refractivity contribution in [2.75, 3.05) is 6.54 Å². The van der Waals surface area contributed by atoms with Crippen molar-refractivity contribution in [3.8, 4) is 0 Å². The van der Waals surface area contributed by atoms with E-state index in [2.05, 4.69) is 24.5 Å². The predicted octanol–water partition coefficient (Wildman–Crippen LogP) is 2.08. The lowest BCUT2D eigenvalue weighted by molar-refractivity contribution is -0.141. The van der Waals surface area contributed by atoms with Gasteiger partial charge in [-0.05, 0) is 17.3 Å². The van der Waals surface area contributed by atoms with Crippen LogP contribution in [0.5, 0.6) is 0 Å². The molecule has 0 fully saturated rings. The van der Waals surface area contributed by atoms with Gasteiger partial charge in [-0.25, -0.2) is 9.59 Å². The highest BCUT2D eigenvalue weighted by Crippen LogP contribution is 2.19. The number of rotatable bonds is 5. The molecule has 0 aromatic heterocycles. The average molecular weight is 258 g/mol. The zero-order valence-corrected chi connectivity index (χ0v) is 12.2. The number of nitrogens with one attached hydrogen (secondary N) is 2. The first kappa shape index (κ1) is 16.7. The molecule has 18 heavy (non-hydrogen) atoms. The van der Waals surface area contributed by atoms with Gasteiger partial charge >= 0.3 is 12.0 Å². The van der Waals surface area contributed by atoms with Gasteiger partial charge in [0, 0.05) is 6.54 Å². The van der Waals surface area contributed by atoms with E-state index < -0.39 is 23.5 Å². The number of carboxylic acid groups (broad SMARTS) is 1. The second kappa shape index (κ2) is 6.61. The van der Waals surface area contributed by atoms with Crippen molar-refractivity contribution in [2.24, 2.45) is 17.3 Å². The highest BCUT2D eigenvalue weighted by Gasteiger charge is 2.32. The Kier molecular flexibility index (Phi) is 6.15. The largest absolute Gasteiger partial charge is 0.480 e. The highest BCUT2D eigenvalue weighted by atomic mass is 16.4. The van der Waals surface area contributed by atoms with Gasteiger partial charge in [0.1, 0.15) is 6.04 Å². The molecule has 0 aliphatic rings. The van der Waals surface area contributed by atoms with Crippen molar-refractivity contribution in [2.45, 2.75) is 47.6 Å². The quantitative estimate of drug-likeness (QED) is 0.706. The highest BCUT2D eigenvalue weighted by molar-refractivity contribution is 5.83. The molecule has 0 aliphatic heterocycles. The van der Waals surface area contributed by atoms with E-state index >= 15 is 0 Å². The summed E-state index contributed by atoms with van der Waals surface area (Å²) in [6.07, 6.45) is 0. The Labute approximate surface area is 109 Å². The van der Waals surface area contributed by atoms with E-state index in [0.29, 0.717) is 18.4 Å². The molecular weight excluding hydrogens is 232 g/mol. The van der Waals surface area contributed by atoms with E-state index in [4.69, 9.17) is 5.11 Å². The van der Waals surface area contributed by atoms with Crippen LogP contribution in [0.1, 0.15) is 41.5 Å². The molecule has 5 nitrogen and oxygen atoms in total. The maximum Gasteiger partial charge on any atom is 0.326 e. The first-order chi connectivity index (χ1) is 8.05. The van der Waals surface area contributed by atoms with Gasteiger partial charge in [-0.15, -0.1) is 0 Å². The number of hydrogen-bond acceptors (Lipinski definition) is 2. The Hall–Kier alpha value is -1.26. The normalized spacial score (nSPS) is 15.1. The van der Waals surface area contributed by atoms with Gasteiger partial charge in [0.25, 0.3) is 0 Å². The molecule has 0 radical (unpaired) electrons. The Balaban J connectivity index is 4.33. The summed E-state index contributed by atoms with van der Waals surface area (Å²) >= 11 is 0. The maximum absolute atomic E-state index is 11.6. The summed E-state index contributed by atoms with van der Waals surface area (Å²) in [6, 6.07) is -1.32. The van der Waals surface area contributed by atoms with Crippen molar-refractivity contribution in [1.82, 2.24) is 10.6 Å². The van der Waals surface area contributed by atoms with Crippen molar-refractivity contribution in [1.29, 1.82) is 0 Å². The van der Waals surface area contributed by atoms with Gasteiger partial charge in [0.2, 0.25) is 0 Å². The number of carbonyl (C=O) groups is 2. The lowest BCUT2D eigenvalue weighted by atomic mass is 9.87. The second-order valence-electron chi connectivity index (χ2n) is 6.21. The minimum atomic E-state index is -1.02. The molecule has 0 spiro atoms. The molecule has 0 saturated carbocycles. The molecule has 5 heteroatoms. The fourth-order valence-corrected chi connectivity index (χ4v) is 1.32. The van der Waals surface area contributed by atoms with Gasteiger partial charge in [0.05, 0.1) is 0 Å². The fraction of sp³-hybridized carbons (Fsp3) is 0.846. The summed E-state index contributed by atoms with van der Waals surface area (Å²) in [5, 5.41) is 14.3. The number of aliphatic carboxylic acids is 1. The number of carboxylic acids is 1. The zero-order valence-electron chi connectivity index (χ0n) is 12.2. The van der Waals surface area contributed by atoms with Gasteiger partial charge in [-0.2, -0.15) is 0 Å². The lowest BCUT2D eigenvalue weighted by Crippen LogP contribution is -2.52. The zero-order chi connectivity index (χ0) is 14.5. The summed E-state index contributed by atoms with van der Waals surface area (Å²) in [4.78, 5) is 22.7. The van der Waals surface area contributed by atoms with Gasteiger partial charge in [0.15, 0.2) is 0 Å². The number of hydrogen-bond donors (Lipinski definition) is 3. The molecule has 0 aromatic rings. The SMILES string of the molecule is CC(C)C(C)CNC(=O)N[C@H](C(=O)O)C(C)(C)C. The molecule has 2 atom stereocenters. The summed E-state index contributed by atoms with van der Waals surface area (Å²) < 4.78 is 0. The molecule has 0 aromatic carbocycles. The minimum Gasteiger partial charge on any atom is -0.480 e. The molecule has 0 rings (SSSR count). The van der Waals surface area contributed by atoms with Crippen molar-refractivity contribution in [3.05, 3.63) is 0 Å². The number of urea groups is 1. The summed E-state index contributed by atoms with van der Waals surface area (Å²) in [5.41, 5.74) is -0.521. The summed E-state index contributed by atoms with van der Waals surface area (Å²) in [5.74, 6) is -0.189. The van der Waals surface area contributed by atoms with Crippen LogP contribution in [-0.2, 0) is 4.79 Å². The van der Waals surface area contributed by atoms with Gasteiger partial charge in [-0.1, -0.05) is 41.5 Å². The monoisotopic (exact) mass is 258 g/mol. The van der Waals surface area contributed by atoms with Crippen molar-refractivity contribution < 1.29 is 14.7 Å². The lowest BCUT2D eigenvalue weighted by Gasteiger charge is -2.28. The minimum absolute atomic E-state index is 0.355. The van der Waals surface area contributed by atoms with Gasteiger partial charge in [-0.3, -0.25) is 0 Å². The third-order valence-corrected chi connectivity index (χ3v) is 3.11.